The number of hydrogen-bond acceptors (Lipinski definition) is 3. The molecule has 0 radical (unpaired) electrons. The summed E-state index contributed by atoms with van der Waals surface area (Å²) in [5.41, 5.74) is 5.28. The van der Waals surface area contributed by atoms with E-state index in [-0.39, 0.29) is 12.2 Å². The Hall–Kier alpha value is -1.21. The zero-order valence-electron chi connectivity index (χ0n) is 11.5. The number of nitrogen functional groups attached to an aromatic ring is 1. The van der Waals surface area contributed by atoms with Crippen LogP contribution >= 0.6 is 0 Å². The van der Waals surface area contributed by atoms with Gasteiger partial charge in [0.05, 0.1) is 0 Å². The summed E-state index contributed by atoms with van der Waals surface area (Å²) in [5, 5.41) is 0. The van der Waals surface area contributed by atoms with Gasteiger partial charge in [0.2, 0.25) is 10.0 Å². The van der Waals surface area contributed by atoms with Gasteiger partial charge in [-0.05, 0) is 55.6 Å². The maximum atomic E-state index is 13.7. The van der Waals surface area contributed by atoms with Crippen LogP contribution in [0.25, 0.3) is 0 Å². The Labute approximate surface area is 122 Å². The maximum absolute atomic E-state index is 13.7. The van der Waals surface area contributed by atoms with Crippen LogP contribution in [0.2, 0.25) is 0 Å². The van der Waals surface area contributed by atoms with Gasteiger partial charge in [-0.25, -0.2) is 21.9 Å². The molecule has 1 aromatic rings. The number of anilines is 1. The Morgan fingerprint density at radius 2 is 1.76 bits per heavy atom. The van der Waals surface area contributed by atoms with E-state index in [0.717, 1.165) is 37.8 Å². The van der Waals surface area contributed by atoms with Crippen molar-refractivity contribution in [3.8, 4) is 0 Å². The maximum Gasteiger partial charge on any atom is 0.243 e. The lowest BCUT2D eigenvalue weighted by Crippen LogP contribution is -2.32. The van der Waals surface area contributed by atoms with E-state index < -0.39 is 26.6 Å². The second-order valence-corrected chi connectivity index (χ2v) is 7.74. The molecule has 0 heterocycles. The van der Waals surface area contributed by atoms with Gasteiger partial charge in [0, 0.05) is 12.2 Å². The molecule has 21 heavy (non-hydrogen) atoms. The fourth-order valence-electron chi connectivity index (χ4n) is 2.83. The van der Waals surface area contributed by atoms with Crippen molar-refractivity contribution in [3.63, 3.8) is 0 Å². The minimum Gasteiger partial charge on any atom is -0.399 e. The predicted octanol–water partition coefficient (Wildman–Crippen LogP) is 2.26. The zero-order chi connectivity index (χ0) is 15.2. The monoisotopic (exact) mass is 316 g/mol. The largest absolute Gasteiger partial charge is 0.399 e. The van der Waals surface area contributed by atoms with E-state index >= 15 is 0 Å². The second-order valence-electron chi connectivity index (χ2n) is 6.01. The predicted molar refractivity (Wildman–Crippen MR) is 74.9 cm³/mol. The highest BCUT2D eigenvalue weighted by molar-refractivity contribution is 7.89. The first-order valence-corrected chi connectivity index (χ1v) is 8.61. The van der Waals surface area contributed by atoms with Gasteiger partial charge in [-0.2, -0.15) is 0 Å². The average Bonchev–Trinajstić information content (AvgIpc) is 3.25. The summed E-state index contributed by atoms with van der Waals surface area (Å²) < 4.78 is 53.8. The van der Waals surface area contributed by atoms with Crippen molar-refractivity contribution >= 4 is 15.7 Å². The molecule has 0 amide bonds. The highest BCUT2D eigenvalue weighted by Crippen LogP contribution is 2.48. The molecule has 0 saturated heterocycles. The first-order valence-electron chi connectivity index (χ1n) is 7.12. The first kappa shape index (κ1) is 14.7. The van der Waals surface area contributed by atoms with Crippen molar-refractivity contribution in [1.82, 2.24) is 4.72 Å². The number of nitrogens with one attached hydrogen (secondary N) is 1. The summed E-state index contributed by atoms with van der Waals surface area (Å²) in [7, 11) is -4.09. The van der Waals surface area contributed by atoms with Crippen LogP contribution in [0.5, 0.6) is 0 Å². The lowest BCUT2D eigenvalue weighted by atomic mass is 9.99. The fraction of sp³-hybridized carbons (Fsp3) is 0.571. The topological polar surface area (TPSA) is 72.2 Å². The van der Waals surface area contributed by atoms with Gasteiger partial charge < -0.3 is 5.73 Å². The lowest BCUT2D eigenvalue weighted by molar-refractivity contribution is 0.400. The van der Waals surface area contributed by atoms with Crippen molar-refractivity contribution in [2.75, 3.05) is 12.3 Å². The quantitative estimate of drug-likeness (QED) is 0.791. The van der Waals surface area contributed by atoms with Crippen LogP contribution in [0, 0.1) is 29.4 Å². The van der Waals surface area contributed by atoms with E-state index in [1.54, 1.807) is 0 Å². The van der Waals surface area contributed by atoms with Gasteiger partial charge in [-0.15, -0.1) is 0 Å². The molecule has 0 aliphatic heterocycles. The third-order valence-electron chi connectivity index (χ3n) is 4.27. The van der Waals surface area contributed by atoms with Crippen LogP contribution in [0.15, 0.2) is 17.0 Å². The Kier molecular flexibility index (Phi) is 3.65. The molecule has 4 nitrogen and oxygen atoms in total. The van der Waals surface area contributed by atoms with Crippen LogP contribution in [-0.4, -0.2) is 15.0 Å². The molecule has 0 spiro atoms. The van der Waals surface area contributed by atoms with E-state index in [9.17, 15) is 17.2 Å². The van der Waals surface area contributed by atoms with E-state index in [0.29, 0.717) is 17.8 Å². The Morgan fingerprint density at radius 1 is 1.19 bits per heavy atom. The van der Waals surface area contributed by atoms with Crippen LogP contribution in [-0.2, 0) is 10.0 Å². The van der Waals surface area contributed by atoms with Gasteiger partial charge in [-0.1, -0.05) is 0 Å². The van der Waals surface area contributed by atoms with Crippen LogP contribution in [0.4, 0.5) is 14.5 Å². The molecular weight excluding hydrogens is 298 g/mol. The third kappa shape index (κ3) is 3.18. The van der Waals surface area contributed by atoms with Gasteiger partial charge in [0.25, 0.3) is 0 Å². The molecule has 2 saturated carbocycles. The molecule has 2 aliphatic rings. The molecule has 2 fully saturated rings. The molecule has 116 valence electrons. The molecule has 2 aliphatic carbocycles. The van der Waals surface area contributed by atoms with E-state index in [1.807, 2.05) is 0 Å². The summed E-state index contributed by atoms with van der Waals surface area (Å²) in [6.45, 7) is 0.285. The average molecular weight is 316 g/mol. The van der Waals surface area contributed by atoms with E-state index in [1.165, 1.54) is 0 Å². The molecule has 0 bridgehead atoms. The summed E-state index contributed by atoms with van der Waals surface area (Å²) in [6, 6.07) is 1.72. The normalized spacial score (nSPS) is 19.2. The number of sulfonamides is 1. The number of benzene rings is 1. The van der Waals surface area contributed by atoms with Crippen molar-refractivity contribution in [3.05, 3.63) is 23.8 Å². The van der Waals surface area contributed by atoms with Crippen LogP contribution in [0.3, 0.4) is 0 Å². The molecule has 7 heteroatoms. The number of rotatable bonds is 6. The summed E-state index contributed by atoms with van der Waals surface area (Å²) in [6.07, 6.45) is 4.52. The van der Waals surface area contributed by atoms with Gasteiger partial charge in [0.1, 0.15) is 4.90 Å². The Balaban J connectivity index is 1.77. The van der Waals surface area contributed by atoms with Crippen molar-refractivity contribution in [2.45, 2.75) is 30.6 Å². The zero-order valence-corrected chi connectivity index (χ0v) is 12.3. The number of nitrogens with two attached hydrogens (primary N) is 1. The molecule has 0 unspecified atom stereocenters. The highest BCUT2D eigenvalue weighted by atomic mass is 32.2. The van der Waals surface area contributed by atoms with Crippen LogP contribution in [0.1, 0.15) is 25.7 Å². The van der Waals surface area contributed by atoms with Gasteiger partial charge in [-0.3, -0.25) is 0 Å². The molecule has 0 atom stereocenters. The molecule has 0 aromatic heterocycles. The van der Waals surface area contributed by atoms with Crippen molar-refractivity contribution in [1.29, 1.82) is 0 Å². The van der Waals surface area contributed by atoms with E-state index in [4.69, 9.17) is 5.73 Å². The molecule has 3 N–H and O–H groups in total. The fourth-order valence-corrected chi connectivity index (χ4v) is 4.02. The van der Waals surface area contributed by atoms with Crippen molar-refractivity contribution in [2.24, 2.45) is 17.8 Å². The lowest BCUT2D eigenvalue weighted by Gasteiger charge is -2.16. The number of hydrogen-bond donors (Lipinski definition) is 2. The highest BCUT2D eigenvalue weighted by Gasteiger charge is 2.41. The molecule has 1 aromatic carbocycles. The standard InChI is InChI=1S/C14H18F2N2O2S/c15-12-5-10(17)6-13(14(12)16)21(19,20)18-7-11(8-1-2-8)9-3-4-9/h5-6,8-9,11,18H,1-4,7,17H2. The molecule has 3 rings (SSSR count). The Morgan fingerprint density at radius 3 is 2.29 bits per heavy atom. The Bertz CT molecular complexity index is 643. The summed E-state index contributed by atoms with van der Waals surface area (Å²) >= 11 is 0. The SMILES string of the molecule is Nc1cc(F)c(F)c(S(=O)(=O)NCC(C2CC2)C2CC2)c1. The van der Waals surface area contributed by atoms with Crippen LogP contribution < -0.4 is 10.5 Å². The van der Waals surface area contributed by atoms with Crippen molar-refractivity contribution < 1.29 is 17.2 Å². The number of halogens is 2. The second kappa shape index (κ2) is 5.21. The van der Waals surface area contributed by atoms with Gasteiger partial charge in [0.15, 0.2) is 11.6 Å². The first-order chi connectivity index (χ1) is 9.88. The summed E-state index contributed by atoms with van der Waals surface area (Å²) in [5.74, 6) is -1.18. The third-order valence-corrected chi connectivity index (χ3v) is 5.69. The smallest absolute Gasteiger partial charge is 0.243 e. The minimum absolute atomic E-state index is 0.116. The minimum atomic E-state index is -4.09. The van der Waals surface area contributed by atoms with Gasteiger partial charge >= 0.3 is 0 Å². The summed E-state index contributed by atoms with van der Waals surface area (Å²) in [4.78, 5) is -0.717. The van der Waals surface area contributed by atoms with E-state index in [2.05, 4.69) is 4.72 Å². The molecular formula is C14H18F2N2O2S.